The molecule has 0 bridgehead atoms. The molecule has 2 aliphatic heterocycles. The van der Waals surface area contributed by atoms with E-state index in [2.05, 4.69) is 334 Å². The van der Waals surface area contributed by atoms with Gasteiger partial charge in [-0.3, -0.25) is 0 Å². The van der Waals surface area contributed by atoms with Crippen molar-refractivity contribution < 1.29 is 0 Å². The van der Waals surface area contributed by atoms with Crippen LogP contribution in [0.5, 0.6) is 0 Å². The molecule has 1 aromatic heterocycles. The molecule has 0 aliphatic carbocycles. The Balaban J connectivity index is 1.30. The second kappa shape index (κ2) is 21.4. The Kier molecular flexibility index (Phi) is 14.9. The van der Waals surface area contributed by atoms with Crippen molar-refractivity contribution in [3.8, 4) is 34.2 Å². The van der Waals surface area contributed by atoms with Gasteiger partial charge in [0.2, 0.25) is 0 Å². The summed E-state index contributed by atoms with van der Waals surface area (Å²) in [5, 5.41) is 4.81. The molecule has 0 saturated heterocycles. The van der Waals surface area contributed by atoms with Crippen LogP contribution < -0.4 is 26.2 Å². The van der Waals surface area contributed by atoms with Gasteiger partial charge < -0.3 is 9.80 Å². The highest BCUT2D eigenvalue weighted by atomic mass is 15.2. The van der Waals surface area contributed by atoms with Crippen molar-refractivity contribution in [1.82, 2.24) is 15.0 Å². The van der Waals surface area contributed by atoms with Gasteiger partial charge in [-0.1, -0.05) is 263 Å². The largest absolute Gasteiger partial charge is 0.311 e. The Bertz CT molecular complexity index is 4150. The molecule has 6 heteroatoms. The smallest absolute Gasteiger partial charge is 0.252 e. The minimum Gasteiger partial charge on any atom is -0.311 e. The maximum Gasteiger partial charge on any atom is 0.252 e. The first kappa shape index (κ1) is 63.3. The van der Waals surface area contributed by atoms with E-state index in [4.69, 9.17) is 15.0 Å². The molecular weight excluding hydrogens is 1100 g/mol. The van der Waals surface area contributed by atoms with E-state index in [1.54, 1.807) is 0 Å². The lowest BCUT2D eigenvalue weighted by Gasteiger charge is -2.45. The average Bonchev–Trinajstić information content (AvgIpc) is 0.700. The zero-order valence-electron chi connectivity index (χ0n) is 59.3. The molecule has 12 rings (SSSR count). The van der Waals surface area contributed by atoms with Gasteiger partial charge in [-0.2, -0.15) is 0 Å². The highest BCUT2D eigenvalue weighted by molar-refractivity contribution is 7.00. The van der Waals surface area contributed by atoms with Crippen LogP contribution in [-0.4, -0.2) is 21.7 Å². The summed E-state index contributed by atoms with van der Waals surface area (Å²) >= 11 is 0. The topological polar surface area (TPSA) is 45.2 Å². The van der Waals surface area contributed by atoms with Crippen molar-refractivity contribution in [2.24, 2.45) is 0 Å². The molecule has 3 heterocycles. The SMILES string of the molecule is CC(C)(C)c1cc(-c2nc(-c3cc(C(C)(C)C)cc(C(C)(C)C)c3)nc(-c3cc4c5c(c3)N(c3cc(C(C)(C)C)cc(C(C)(C)C)c3)c3c(ccc6ccccc36)B5c3ccc5ccccc5c3N4c3cc(C(C)(C)C)cc(C(C)(C)C)c3)n2)cc(C(C)(C)C)c1. The van der Waals surface area contributed by atoms with Crippen LogP contribution in [0.25, 0.3) is 55.7 Å². The number of nitrogens with zero attached hydrogens (tertiary/aromatic N) is 5. The van der Waals surface area contributed by atoms with Gasteiger partial charge in [-0.05, 0) is 176 Å². The Morgan fingerprint density at radius 2 is 0.527 bits per heavy atom. The van der Waals surface area contributed by atoms with Gasteiger partial charge in [0.25, 0.3) is 6.71 Å². The van der Waals surface area contributed by atoms with E-state index < -0.39 is 0 Å². The fourth-order valence-electron chi connectivity index (χ4n) is 13.4. The third-order valence-electron chi connectivity index (χ3n) is 19.4. The number of benzene rings is 9. The molecular formula is C85H98BN5. The number of hydrogen-bond acceptors (Lipinski definition) is 5. The average molecular weight is 1200 g/mol. The van der Waals surface area contributed by atoms with Crippen LogP contribution in [0, 0.1) is 0 Å². The van der Waals surface area contributed by atoms with Crippen LogP contribution in [0.2, 0.25) is 0 Å². The van der Waals surface area contributed by atoms with Crippen molar-refractivity contribution in [2.75, 3.05) is 9.80 Å². The van der Waals surface area contributed by atoms with E-state index in [0.29, 0.717) is 17.5 Å². The van der Waals surface area contributed by atoms with Crippen LogP contribution in [0.3, 0.4) is 0 Å². The standard InChI is InChI=1S/C85H98BN5/c1-78(2,3)56-37-53(38-57(43-56)79(4,5)6)75-87-76(54-39-58(80(7,8)9)44-59(40-54)81(10,11)12)89-77(88-75)55-41-70-72-71(42-55)91(65-49-62(84(19,20)21)46-63(50-65)85(22,23)24)74-67-32-28-26-30-52(67)34-36-69(74)86(72)68-35-33-51-29-25-27-31-66(51)73(68)90(70)64-47-60(82(13,14)15)45-61(48-64)83(16,17)18/h25-50H,1-24H3. The summed E-state index contributed by atoms with van der Waals surface area (Å²) in [6.45, 7) is 55.8. The second-order valence-corrected chi connectivity index (χ2v) is 34.9. The Morgan fingerprint density at radius 3 is 0.802 bits per heavy atom. The molecule has 466 valence electrons. The molecule has 0 spiro atoms. The van der Waals surface area contributed by atoms with E-state index in [-0.39, 0.29) is 50.0 Å². The number of aromatic nitrogens is 3. The molecule has 10 aromatic rings. The minimum absolute atomic E-state index is 0.142. The van der Waals surface area contributed by atoms with Gasteiger partial charge in [0, 0.05) is 61.6 Å². The van der Waals surface area contributed by atoms with E-state index in [1.165, 1.54) is 93.8 Å². The number of anilines is 6. The summed E-state index contributed by atoms with van der Waals surface area (Å²) in [5.41, 5.74) is 22.5. The molecule has 0 unspecified atom stereocenters. The van der Waals surface area contributed by atoms with E-state index in [9.17, 15) is 0 Å². The van der Waals surface area contributed by atoms with Crippen LogP contribution >= 0.6 is 0 Å². The summed E-state index contributed by atoms with van der Waals surface area (Å²) < 4.78 is 0. The maximum atomic E-state index is 5.86. The second-order valence-electron chi connectivity index (χ2n) is 34.9. The summed E-state index contributed by atoms with van der Waals surface area (Å²) in [6, 6.07) is 61.5. The molecule has 0 radical (unpaired) electrons. The first-order valence-electron chi connectivity index (χ1n) is 33.4. The highest BCUT2D eigenvalue weighted by Gasteiger charge is 2.46. The van der Waals surface area contributed by atoms with Crippen LogP contribution in [0.4, 0.5) is 34.1 Å². The van der Waals surface area contributed by atoms with Gasteiger partial charge in [0.05, 0.1) is 0 Å². The van der Waals surface area contributed by atoms with Gasteiger partial charge in [0.1, 0.15) is 0 Å². The predicted octanol–water partition coefficient (Wildman–Crippen LogP) is 21.6. The lowest BCUT2D eigenvalue weighted by molar-refractivity contribution is 0.568. The monoisotopic (exact) mass is 1200 g/mol. The summed E-state index contributed by atoms with van der Waals surface area (Å²) in [4.78, 5) is 22.7. The van der Waals surface area contributed by atoms with Gasteiger partial charge >= 0.3 is 0 Å². The van der Waals surface area contributed by atoms with E-state index in [1.807, 2.05) is 0 Å². The molecule has 0 N–H and O–H groups in total. The van der Waals surface area contributed by atoms with E-state index >= 15 is 0 Å². The first-order valence-corrected chi connectivity index (χ1v) is 33.4. The maximum absolute atomic E-state index is 5.86. The summed E-state index contributed by atoms with van der Waals surface area (Å²) in [6.07, 6.45) is 0. The van der Waals surface area contributed by atoms with Gasteiger partial charge in [0.15, 0.2) is 17.5 Å². The van der Waals surface area contributed by atoms with Crippen molar-refractivity contribution in [3.63, 3.8) is 0 Å². The molecule has 91 heavy (non-hydrogen) atoms. The zero-order valence-corrected chi connectivity index (χ0v) is 59.3. The van der Waals surface area contributed by atoms with Crippen molar-refractivity contribution in [1.29, 1.82) is 0 Å². The fraction of sp³-hybridized carbons (Fsp3) is 0.376. The highest BCUT2D eigenvalue weighted by Crippen LogP contribution is 2.51. The molecule has 0 fully saturated rings. The van der Waals surface area contributed by atoms with Gasteiger partial charge in [-0.15, -0.1) is 0 Å². The lowest BCUT2D eigenvalue weighted by Crippen LogP contribution is -2.61. The normalized spacial score (nSPS) is 14.1. The van der Waals surface area contributed by atoms with E-state index in [0.717, 1.165) is 39.4 Å². The number of hydrogen-bond donors (Lipinski definition) is 0. The van der Waals surface area contributed by atoms with Crippen LogP contribution in [-0.2, 0) is 43.3 Å². The molecule has 0 atom stereocenters. The Morgan fingerprint density at radius 1 is 0.275 bits per heavy atom. The van der Waals surface area contributed by atoms with Crippen molar-refractivity contribution in [2.45, 2.75) is 209 Å². The minimum atomic E-state index is -0.150. The Hall–Kier alpha value is -7.83. The van der Waals surface area contributed by atoms with Crippen LogP contribution in [0.15, 0.2) is 158 Å². The zero-order chi connectivity index (χ0) is 65.8. The predicted molar refractivity (Wildman–Crippen MR) is 395 cm³/mol. The van der Waals surface area contributed by atoms with Crippen LogP contribution in [0.1, 0.15) is 211 Å². The Labute approximate surface area is 546 Å². The third kappa shape index (κ3) is 11.7. The molecule has 9 aromatic carbocycles. The first-order chi connectivity index (χ1) is 42.1. The molecule has 0 saturated carbocycles. The summed E-state index contributed by atoms with van der Waals surface area (Å²) in [7, 11) is 0. The van der Waals surface area contributed by atoms with Crippen molar-refractivity contribution >= 4 is 78.8 Å². The molecule has 0 amide bonds. The third-order valence-corrected chi connectivity index (χ3v) is 19.4. The summed E-state index contributed by atoms with van der Waals surface area (Å²) in [5.74, 6) is 1.93. The number of fused-ring (bicyclic) bond motifs is 8. The molecule has 5 nitrogen and oxygen atoms in total. The number of rotatable bonds is 5. The fourth-order valence-corrected chi connectivity index (χ4v) is 13.4. The quantitative estimate of drug-likeness (QED) is 0.161. The lowest BCUT2D eigenvalue weighted by atomic mass is 9.33. The van der Waals surface area contributed by atoms with Gasteiger partial charge in [-0.25, -0.2) is 15.0 Å². The molecule has 2 aliphatic rings. The van der Waals surface area contributed by atoms with Crippen molar-refractivity contribution in [3.05, 3.63) is 202 Å².